The van der Waals surface area contributed by atoms with E-state index in [1.54, 1.807) is 0 Å². The van der Waals surface area contributed by atoms with Crippen molar-refractivity contribution in [3.8, 4) is 11.1 Å². The molecule has 1 aromatic heterocycles. The van der Waals surface area contributed by atoms with Crippen LogP contribution < -0.4 is 5.73 Å². The Balaban J connectivity index is 2.87. The highest BCUT2D eigenvalue weighted by molar-refractivity contribution is 5.98. The van der Waals surface area contributed by atoms with Gasteiger partial charge < -0.3 is 10.8 Å². The highest BCUT2D eigenvalue weighted by Gasteiger charge is 2.22. The van der Waals surface area contributed by atoms with Crippen molar-refractivity contribution in [1.29, 1.82) is 0 Å². The average molecular weight is 259 g/mol. The number of aromatic carboxylic acids is 1. The van der Waals surface area contributed by atoms with Crippen LogP contribution in [0, 0.1) is 27.7 Å². The zero-order valence-corrected chi connectivity index (χ0v) is 11.5. The lowest BCUT2D eigenvalue weighted by Crippen LogP contribution is -2.03. The van der Waals surface area contributed by atoms with Crippen LogP contribution in [0.2, 0.25) is 0 Å². The van der Waals surface area contributed by atoms with Gasteiger partial charge >= 0.3 is 5.97 Å². The van der Waals surface area contributed by atoms with Crippen LogP contribution in [-0.4, -0.2) is 21.3 Å². The number of carboxylic acid groups (broad SMARTS) is 1. The molecule has 0 aliphatic rings. The van der Waals surface area contributed by atoms with Gasteiger partial charge in [0.15, 0.2) is 11.5 Å². The van der Waals surface area contributed by atoms with E-state index in [0.717, 1.165) is 27.8 Å². The summed E-state index contributed by atoms with van der Waals surface area (Å²) >= 11 is 0. The quantitative estimate of drug-likeness (QED) is 0.773. The van der Waals surface area contributed by atoms with Gasteiger partial charge in [0, 0.05) is 0 Å². The number of nitrogens with one attached hydrogen (secondary N) is 1. The molecule has 5 nitrogen and oxygen atoms in total. The summed E-state index contributed by atoms with van der Waals surface area (Å²) in [5.41, 5.74) is 11.5. The minimum Gasteiger partial charge on any atom is -0.477 e. The number of nitrogen functional groups attached to an aromatic ring is 1. The van der Waals surface area contributed by atoms with E-state index < -0.39 is 5.97 Å². The van der Waals surface area contributed by atoms with Gasteiger partial charge in [0.2, 0.25) is 0 Å². The van der Waals surface area contributed by atoms with E-state index in [4.69, 9.17) is 5.73 Å². The summed E-state index contributed by atoms with van der Waals surface area (Å²) < 4.78 is 0. The minimum atomic E-state index is -1.06. The third kappa shape index (κ3) is 1.97. The number of nitrogens with zero attached hydrogens (tertiary/aromatic N) is 1. The number of H-pyrrole nitrogens is 1. The number of aromatic nitrogens is 2. The third-order valence-corrected chi connectivity index (χ3v) is 3.62. The topological polar surface area (TPSA) is 92.0 Å². The molecule has 1 heterocycles. The first kappa shape index (κ1) is 13.1. The summed E-state index contributed by atoms with van der Waals surface area (Å²) in [6, 6.07) is 2.09. The Morgan fingerprint density at radius 2 is 1.68 bits per heavy atom. The first-order valence-electron chi connectivity index (χ1n) is 5.99. The molecule has 2 rings (SSSR count). The summed E-state index contributed by atoms with van der Waals surface area (Å²) in [5.74, 6) is -0.842. The Bertz CT molecular complexity index is 646. The number of carboxylic acids is 1. The Labute approximate surface area is 111 Å². The molecule has 2 aromatic rings. The van der Waals surface area contributed by atoms with E-state index in [1.165, 1.54) is 0 Å². The van der Waals surface area contributed by atoms with Gasteiger partial charge in [-0.05, 0) is 55.5 Å². The fourth-order valence-corrected chi connectivity index (χ4v) is 2.36. The summed E-state index contributed by atoms with van der Waals surface area (Å²) in [6.45, 7) is 7.94. The molecular formula is C14H17N3O2. The number of aryl methyl sites for hydroxylation is 2. The second kappa shape index (κ2) is 4.42. The second-order valence-electron chi connectivity index (χ2n) is 4.80. The summed E-state index contributed by atoms with van der Waals surface area (Å²) in [5, 5.41) is 15.6. The maximum atomic E-state index is 11.3. The van der Waals surface area contributed by atoms with Gasteiger partial charge in [-0.2, -0.15) is 5.10 Å². The van der Waals surface area contributed by atoms with Crippen LogP contribution in [0.3, 0.4) is 0 Å². The number of carbonyl (C=O) groups is 1. The molecule has 0 aliphatic heterocycles. The molecule has 0 bridgehead atoms. The van der Waals surface area contributed by atoms with Gasteiger partial charge in [0.25, 0.3) is 0 Å². The normalized spacial score (nSPS) is 10.7. The molecule has 0 radical (unpaired) electrons. The molecule has 0 saturated heterocycles. The first-order chi connectivity index (χ1) is 8.84. The van der Waals surface area contributed by atoms with Gasteiger partial charge in [-0.15, -0.1) is 0 Å². The van der Waals surface area contributed by atoms with Gasteiger partial charge in [-0.3, -0.25) is 5.10 Å². The first-order valence-corrected chi connectivity index (χ1v) is 5.99. The summed E-state index contributed by atoms with van der Waals surface area (Å²) in [7, 11) is 0. The average Bonchev–Trinajstić information content (AvgIpc) is 2.70. The molecule has 0 fully saturated rings. The summed E-state index contributed by atoms with van der Waals surface area (Å²) in [6.07, 6.45) is 0. The Kier molecular flexibility index (Phi) is 3.06. The SMILES string of the molecule is Cc1cc(C)c(C)c(-c2c(N)n[nH]c2C(=O)O)c1C. The Morgan fingerprint density at radius 1 is 1.16 bits per heavy atom. The van der Waals surface area contributed by atoms with Crippen molar-refractivity contribution in [2.75, 3.05) is 5.73 Å². The monoisotopic (exact) mass is 259 g/mol. The molecule has 0 saturated carbocycles. The number of aromatic amines is 1. The smallest absolute Gasteiger partial charge is 0.354 e. The van der Waals surface area contributed by atoms with Crippen LogP contribution in [0.15, 0.2) is 6.07 Å². The number of hydrogen-bond donors (Lipinski definition) is 3. The Hall–Kier alpha value is -2.30. The van der Waals surface area contributed by atoms with E-state index in [9.17, 15) is 9.90 Å². The molecule has 0 unspecified atom stereocenters. The third-order valence-electron chi connectivity index (χ3n) is 3.62. The molecule has 0 aliphatic carbocycles. The zero-order chi connectivity index (χ0) is 14.3. The number of hydrogen-bond acceptors (Lipinski definition) is 3. The van der Waals surface area contributed by atoms with Gasteiger partial charge in [0.05, 0.1) is 5.56 Å². The molecule has 0 spiro atoms. The van der Waals surface area contributed by atoms with Gasteiger partial charge in [0.1, 0.15) is 0 Å². The maximum Gasteiger partial charge on any atom is 0.354 e. The number of benzene rings is 1. The highest BCUT2D eigenvalue weighted by atomic mass is 16.4. The van der Waals surface area contributed by atoms with E-state index in [1.807, 2.05) is 27.7 Å². The lowest BCUT2D eigenvalue weighted by Gasteiger charge is -2.15. The maximum absolute atomic E-state index is 11.3. The fraction of sp³-hybridized carbons (Fsp3) is 0.286. The molecular weight excluding hydrogens is 242 g/mol. The van der Waals surface area contributed by atoms with E-state index in [-0.39, 0.29) is 11.5 Å². The fourth-order valence-electron chi connectivity index (χ4n) is 2.36. The second-order valence-corrected chi connectivity index (χ2v) is 4.80. The molecule has 100 valence electrons. The van der Waals surface area contributed by atoms with Crippen molar-refractivity contribution in [3.05, 3.63) is 34.0 Å². The predicted molar refractivity (Wildman–Crippen MR) is 74.3 cm³/mol. The zero-order valence-electron chi connectivity index (χ0n) is 11.5. The van der Waals surface area contributed by atoms with Gasteiger partial charge in [-0.25, -0.2) is 4.79 Å². The van der Waals surface area contributed by atoms with Crippen LogP contribution in [0.5, 0.6) is 0 Å². The van der Waals surface area contributed by atoms with Crippen LogP contribution in [0.25, 0.3) is 11.1 Å². The summed E-state index contributed by atoms with van der Waals surface area (Å²) in [4.78, 5) is 11.3. The largest absolute Gasteiger partial charge is 0.477 e. The number of anilines is 1. The van der Waals surface area contributed by atoms with Gasteiger partial charge in [-0.1, -0.05) is 6.07 Å². The number of nitrogens with two attached hydrogens (primary N) is 1. The van der Waals surface area contributed by atoms with Crippen molar-refractivity contribution < 1.29 is 9.90 Å². The predicted octanol–water partition coefficient (Wildman–Crippen LogP) is 2.59. The van der Waals surface area contributed by atoms with Crippen molar-refractivity contribution in [3.63, 3.8) is 0 Å². The Morgan fingerprint density at radius 3 is 2.16 bits per heavy atom. The number of rotatable bonds is 2. The molecule has 0 amide bonds. The van der Waals surface area contributed by atoms with E-state index >= 15 is 0 Å². The van der Waals surface area contributed by atoms with E-state index in [0.29, 0.717) is 5.56 Å². The van der Waals surface area contributed by atoms with Crippen molar-refractivity contribution in [1.82, 2.24) is 10.2 Å². The standard InChI is InChI=1S/C14H17N3O2/c1-6-5-7(2)9(4)10(8(6)3)11-12(14(18)19)16-17-13(11)15/h5H,1-4H3,(H,18,19)(H3,15,16,17). The van der Waals surface area contributed by atoms with Crippen LogP contribution >= 0.6 is 0 Å². The minimum absolute atomic E-state index is 0.0358. The molecule has 19 heavy (non-hydrogen) atoms. The van der Waals surface area contributed by atoms with Crippen molar-refractivity contribution >= 4 is 11.8 Å². The highest BCUT2D eigenvalue weighted by Crippen LogP contribution is 2.36. The molecule has 5 heteroatoms. The van der Waals surface area contributed by atoms with Crippen molar-refractivity contribution in [2.24, 2.45) is 0 Å². The molecule has 1 aromatic carbocycles. The van der Waals surface area contributed by atoms with Crippen LogP contribution in [0.4, 0.5) is 5.82 Å². The molecule has 4 N–H and O–H groups in total. The van der Waals surface area contributed by atoms with Crippen molar-refractivity contribution in [2.45, 2.75) is 27.7 Å². The lowest BCUT2D eigenvalue weighted by atomic mass is 9.89. The molecule has 0 atom stereocenters. The van der Waals surface area contributed by atoms with Crippen LogP contribution in [-0.2, 0) is 0 Å². The lowest BCUT2D eigenvalue weighted by molar-refractivity contribution is 0.0691. The van der Waals surface area contributed by atoms with E-state index in [2.05, 4.69) is 16.3 Å². The van der Waals surface area contributed by atoms with Crippen LogP contribution in [0.1, 0.15) is 32.7 Å².